The first-order valence-corrected chi connectivity index (χ1v) is 6.99. The van der Waals surface area contributed by atoms with E-state index in [1.54, 1.807) is 6.07 Å². The molecule has 110 valence electrons. The number of anilines is 1. The SMILES string of the molecule is OCc1ccccc1N1CC[C@H](Oc2ncccc2F)C1. The van der Waals surface area contributed by atoms with Crippen LogP contribution >= 0.6 is 0 Å². The minimum absolute atomic E-state index is 0.00701. The highest BCUT2D eigenvalue weighted by Gasteiger charge is 2.26. The van der Waals surface area contributed by atoms with Gasteiger partial charge in [-0.1, -0.05) is 18.2 Å². The zero-order valence-corrected chi connectivity index (χ0v) is 11.6. The topological polar surface area (TPSA) is 45.6 Å². The molecule has 1 fully saturated rings. The number of aromatic nitrogens is 1. The maximum Gasteiger partial charge on any atom is 0.250 e. The third kappa shape index (κ3) is 2.97. The lowest BCUT2D eigenvalue weighted by molar-refractivity contribution is 0.205. The lowest BCUT2D eigenvalue weighted by Gasteiger charge is -2.21. The summed E-state index contributed by atoms with van der Waals surface area (Å²) in [5.74, 6) is -0.383. The number of benzene rings is 1. The summed E-state index contributed by atoms with van der Waals surface area (Å²) in [6.07, 6.45) is 2.23. The maximum atomic E-state index is 13.5. The van der Waals surface area contributed by atoms with E-state index in [4.69, 9.17) is 4.74 Å². The number of aliphatic hydroxyl groups excluding tert-OH is 1. The molecule has 1 N–H and O–H groups in total. The molecule has 0 radical (unpaired) electrons. The lowest BCUT2D eigenvalue weighted by Crippen LogP contribution is -2.25. The molecule has 0 amide bonds. The Labute approximate surface area is 122 Å². The summed E-state index contributed by atoms with van der Waals surface area (Å²) in [6.45, 7) is 1.48. The van der Waals surface area contributed by atoms with Crippen LogP contribution in [0, 0.1) is 5.82 Å². The van der Waals surface area contributed by atoms with Crippen LogP contribution in [0.2, 0.25) is 0 Å². The first-order chi connectivity index (χ1) is 10.3. The Balaban J connectivity index is 1.70. The molecule has 4 nitrogen and oxygen atoms in total. The number of para-hydroxylation sites is 1. The van der Waals surface area contributed by atoms with Crippen molar-refractivity contribution in [1.29, 1.82) is 0 Å². The highest BCUT2D eigenvalue weighted by molar-refractivity contribution is 5.54. The molecular formula is C16H17FN2O2. The van der Waals surface area contributed by atoms with Gasteiger partial charge < -0.3 is 14.7 Å². The Hall–Kier alpha value is -2.14. The first-order valence-electron chi connectivity index (χ1n) is 6.99. The quantitative estimate of drug-likeness (QED) is 0.938. The van der Waals surface area contributed by atoms with Crippen LogP contribution in [-0.4, -0.2) is 29.3 Å². The summed E-state index contributed by atoms with van der Waals surface area (Å²) in [6, 6.07) is 10.6. The van der Waals surface area contributed by atoms with Crippen molar-refractivity contribution in [1.82, 2.24) is 4.98 Å². The first kappa shape index (κ1) is 13.8. The second-order valence-electron chi connectivity index (χ2n) is 5.05. The molecule has 1 aromatic heterocycles. The van der Waals surface area contributed by atoms with E-state index in [-0.39, 0.29) is 18.6 Å². The van der Waals surface area contributed by atoms with Crippen molar-refractivity contribution in [3.63, 3.8) is 0 Å². The van der Waals surface area contributed by atoms with Crippen LogP contribution in [0.3, 0.4) is 0 Å². The monoisotopic (exact) mass is 288 g/mol. The Kier molecular flexibility index (Phi) is 4.01. The van der Waals surface area contributed by atoms with E-state index in [9.17, 15) is 9.50 Å². The minimum atomic E-state index is -0.438. The minimum Gasteiger partial charge on any atom is -0.470 e. The van der Waals surface area contributed by atoms with Crippen LogP contribution in [0.4, 0.5) is 10.1 Å². The van der Waals surface area contributed by atoms with Gasteiger partial charge in [0, 0.05) is 30.4 Å². The fourth-order valence-electron chi connectivity index (χ4n) is 2.61. The molecule has 1 aromatic carbocycles. The summed E-state index contributed by atoms with van der Waals surface area (Å²) in [5, 5.41) is 9.40. The van der Waals surface area contributed by atoms with Gasteiger partial charge in [0.25, 0.3) is 5.88 Å². The zero-order valence-electron chi connectivity index (χ0n) is 11.6. The second kappa shape index (κ2) is 6.10. The second-order valence-corrected chi connectivity index (χ2v) is 5.05. The highest BCUT2D eigenvalue weighted by atomic mass is 19.1. The van der Waals surface area contributed by atoms with E-state index in [0.29, 0.717) is 6.54 Å². The van der Waals surface area contributed by atoms with Gasteiger partial charge in [-0.25, -0.2) is 9.37 Å². The van der Waals surface area contributed by atoms with Crippen LogP contribution in [-0.2, 0) is 6.61 Å². The molecular weight excluding hydrogens is 271 g/mol. The number of ether oxygens (including phenoxy) is 1. The van der Waals surface area contributed by atoms with Crippen molar-refractivity contribution < 1.29 is 14.2 Å². The van der Waals surface area contributed by atoms with Crippen LogP contribution in [0.15, 0.2) is 42.6 Å². The Morgan fingerprint density at radius 2 is 2.14 bits per heavy atom. The third-order valence-electron chi connectivity index (χ3n) is 3.65. The molecule has 21 heavy (non-hydrogen) atoms. The zero-order chi connectivity index (χ0) is 14.7. The van der Waals surface area contributed by atoms with Crippen molar-refractivity contribution >= 4 is 5.69 Å². The van der Waals surface area contributed by atoms with Crippen molar-refractivity contribution in [2.75, 3.05) is 18.0 Å². The molecule has 1 atom stereocenters. The number of hydrogen-bond acceptors (Lipinski definition) is 4. The molecule has 1 saturated heterocycles. The van der Waals surface area contributed by atoms with Gasteiger partial charge in [0.1, 0.15) is 6.10 Å². The van der Waals surface area contributed by atoms with Gasteiger partial charge in [0.15, 0.2) is 5.82 Å². The Bertz CT molecular complexity index is 621. The number of pyridine rings is 1. The fourth-order valence-corrected chi connectivity index (χ4v) is 2.61. The number of aliphatic hydroxyl groups is 1. The molecule has 1 aliphatic heterocycles. The maximum absolute atomic E-state index is 13.5. The average molecular weight is 288 g/mol. The van der Waals surface area contributed by atoms with Crippen molar-refractivity contribution in [2.24, 2.45) is 0 Å². The number of rotatable bonds is 4. The lowest BCUT2D eigenvalue weighted by atomic mass is 10.2. The molecule has 2 heterocycles. The van der Waals surface area contributed by atoms with Crippen molar-refractivity contribution in [3.8, 4) is 5.88 Å². The van der Waals surface area contributed by atoms with Crippen LogP contribution < -0.4 is 9.64 Å². The average Bonchev–Trinajstić information content (AvgIpc) is 2.98. The summed E-state index contributed by atoms with van der Waals surface area (Å²) in [4.78, 5) is 6.07. The van der Waals surface area contributed by atoms with Gasteiger partial charge in [-0.15, -0.1) is 0 Å². The fraction of sp³-hybridized carbons (Fsp3) is 0.312. The standard InChI is InChI=1S/C16H17FN2O2/c17-14-5-3-8-18-16(14)21-13-7-9-19(10-13)15-6-2-1-4-12(15)11-20/h1-6,8,13,20H,7,9-11H2/t13-/m0/s1. The summed E-state index contributed by atoms with van der Waals surface area (Å²) in [5.41, 5.74) is 1.90. The highest BCUT2D eigenvalue weighted by Crippen LogP contribution is 2.26. The van der Waals surface area contributed by atoms with E-state index in [2.05, 4.69) is 9.88 Å². The van der Waals surface area contributed by atoms with Gasteiger partial charge >= 0.3 is 0 Å². The predicted octanol–water partition coefficient (Wildman–Crippen LogP) is 2.37. The Morgan fingerprint density at radius 3 is 2.95 bits per heavy atom. The van der Waals surface area contributed by atoms with Crippen molar-refractivity contribution in [2.45, 2.75) is 19.1 Å². The number of halogens is 1. The summed E-state index contributed by atoms with van der Waals surface area (Å²) < 4.78 is 19.2. The molecule has 0 spiro atoms. The molecule has 1 aliphatic rings. The predicted molar refractivity (Wildman–Crippen MR) is 77.8 cm³/mol. The van der Waals surface area contributed by atoms with E-state index in [0.717, 1.165) is 24.2 Å². The molecule has 0 aliphatic carbocycles. The van der Waals surface area contributed by atoms with Gasteiger partial charge in [0.2, 0.25) is 0 Å². The molecule has 0 saturated carbocycles. The van der Waals surface area contributed by atoms with E-state index in [1.807, 2.05) is 24.3 Å². The normalized spacial score (nSPS) is 18.0. The van der Waals surface area contributed by atoms with Crippen molar-refractivity contribution in [3.05, 3.63) is 54.0 Å². The van der Waals surface area contributed by atoms with Crippen LogP contribution in [0.5, 0.6) is 5.88 Å². The number of nitrogens with zero attached hydrogens (tertiary/aromatic N) is 2. The largest absolute Gasteiger partial charge is 0.470 e. The van der Waals surface area contributed by atoms with Gasteiger partial charge in [-0.2, -0.15) is 0 Å². The van der Waals surface area contributed by atoms with Crippen LogP contribution in [0.1, 0.15) is 12.0 Å². The van der Waals surface area contributed by atoms with Gasteiger partial charge in [-0.05, 0) is 18.2 Å². The van der Waals surface area contributed by atoms with E-state index < -0.39 is 5.82 Å². The smallest absolute Gasteiger partial charge is 0.250 e. The molecule has 0 bridgehead atoms. The summed E-state index contributed by atoms with van der Waals surface area (Å²) >= 11 is 0. The molecule has 2 aromatic rings. The third-order valence-corrected chi connectivity index (χ3v) is 3.65. The summed E-state index contributed by atoms with van der Waals surface area (Å²) in [7, 11) is 0. The number of hydrogen-bond donors (Lipinski definition) is 1. The van der Waals surface area contributed by atoms with Gasteiger partial charge in [-0.3, -0.25) is 0 Å². The van der Waals surface area contributed by atoms with Gasteiger partial charge in [0.05, 0.1) is 13.2 Å². The molecule has 3 rings (SSSR count). The van der Waals surface area contributed by atoms with E-state index >= 15 is 0 Å². The molecule has 5 heteroatoms. The van der Waals surface area contributed by atoms with Crippen LogP contribution in [0.25, 0.3) is 0 Å². The molecule has 0 unspecified atom stereocenters. The van der Waals surface area contributed by atoms with E-state index in [1.165, 1.54) is 12.3 Å². The Morgan fingerprint density at radius 1 is 1.29 bits per heavy atom.